The molecule has 10 heteroatoms. The summed E-state index contributed by atoms with van der Waals surface area (Å²) in [6.07, 6.45) is 4.95. The van der Waals surface area contributed by atoms with E-state index in [4.69, 9.17) is 4.42 Å². The number of carbonyl (C=O) groups is 1. The van der Waals surface area contributed by atoms with Gasteiger partial charge in [0.15, 0.2) is 0 Å². The normalized spacial score (nSPS) is 14.6. The number of likely N-dealkylation sites (N-methyl/N-ethyl adjacent to an activating group) is 1. The van der Waals surface area contributed by atoms with Gasteiger partial charge in [0, 0.05) is 56.4 Å². The Hall–Kier alpha value is -3.92. The van der Waals surface area contributed by atoms with E-state index in [-0.39, 0.29) is 5.91 Å². The number of aryl methyl sites for hydroxylation is 1. The molecule has 10 nitrogen and oxygen atoms in total. The van der Waals surface area contributed by atoms with E-state index in [0.717, 1.165) is 37.4 Å². The lowest BCUT2D eigenvalue weighted by Crippen LogP contribution is -2.44. The van der Waals surface area contributed by atoms with Crippen molar-refractivity contribution in [1.82, 2.24) is 30.0 Å². The van der Waals surface area contributed by atoms with Gasteiger partial charge in [0.2, 0.25) is 11.8 Å². The third kappa shape index (κ3) is 4.12. The Morgan fingerprint density at radius 1 is 1.03 bits per heavy atom. The molecule has 0 atom stereocenters. The highest BCUT2D eigenvalue weighted by Gasteiger charge is 2.17. The molecule has 5 heterocycles. The summed E-state index contributed by atoms with van der Waals surface area (Å²) in [5, 5.41) is 11.6. The minimum atomic E-state index is -0.244. The number of aromatic nitrogens is 5. The van der Waals surface area contributed by atoms with Crippen molar-refractivity contribution in [2.75, 3.05) is 43.4 Å². The van der Waals surface area contributed by atoms with Gasteiger partial charge in [-0.15, -0.1) is 10.2 Å². The Kier molecular flexibility index (Phi) is 5.20. The van der Waals surface area contributed by atoms with Crippen molar-refractivity contribution in [3.63, 3.8) is 0 Å². The van der Waals surface area contributed by atoms with E-state index in [0.29, 0.717) is 34.2 Å². The molecule has 162 valence electrons. The molecule has 4 aromatic heterocycles. The first-order valence-electron chi connectivity index (χ1n) is 10.3. The van der Waals surface area contributed by atoms with Crippen LogP contribution in [0.4, 0.5) is 11.6 Å². The molecule has 0 aromatic carbocycles. The van der Waals surface area contributed by atoms with Crippen molar-refractivity contribution in [2.24, 2.45) is 0 Å². The fourth-order valence-corrected chi connectivity index (χ4v) is 3.59. The summed E-state index contributed by atoms with van der Waals surface area (Å²) >= 11 is 0. The van der Waals surface area contributed by atoms with Crippen LogP contribution < -0.4 is 10.2 Å². The van der Waals surface area contributed by atoms with E-state index in [9.17, 15) is 4.79 Å². The largest absolute Gasteiger partial charge is 0.421 e. The summed E-state index contributed by atoms with van der Waals surface area (Å²) in [6, 6.07) is 7.17. The van der Waals surface area contributed by atoms with Crippen LogP contribution in [0.25, 0.3) is 22.4 Å². The fourth-order valence-electron chi connectivity index (χ4n) is 3.59. The molecule has 0 radical (unpaired) electrons. The van der Waals surface area contributed by atoms with Crippen LogP contribution in [0.5, 0.6) is 0 Å². The zero-order valence-electron chi connectivity index (χ0n) is 17.8. The minimum absolute atomic E-state index is 0.244. The van der Waals surface area contributed by atoms with E-state index in [1.165, 1.54) is 0 Å². The van der Waals surface area contributed by atoms with Crippen molar-refractivity contribution in [2.45, 2.75) is 6.92 Å². The van der Waals surface area contributed by atoms with Crippen LogP contribution in [0.15, 0.2) is 47.3 Å². The zero-order chi connectivity index (χ0) is 22.1. The predicted octanol–water partition coefficient (Wildman–Crippen LogP) is 2.39. The summed E-state index contributed by atoms with van der Waals surface area (Å²) in [4.78, 5) is 30.5. The van der Waals surface area contributed by atoms with Gasteiger partial charge in [-0.2, -0.15) is 0 Å². The lowest BCUT2D eigenvalue weighted by atomic mass is 10.2. The molecule has 0 aliphatic carbocycles. The number of amides is 1. The molecule has 0 saturated carbocycles. The molecule has 5 rings (SSSR count). The maximum Gasteiger partial charge on any atom is 0.257 e. The van der Waals surface area contributed by atoms with E-state index >= 15 is 0 Å². The Labute approximate surface area is 184 Å². The van der Waals surface area contributed by atoms with Gasteiger partial charge < -0.3 is 19.5 Å². The molecule has 1 N–H and O–H groups in total. The smallest absolute Gasteiger partial charge is 0.257 e. The van der Waals surface area contributed by atoms with Gasteiger partial charge in [0.25, 0.3) is 5.91 Å². The van der Waals surface area contributed by atoms with Gasteiger partial charge in [0.1, 0.15) is 11.6 Å². The average molecular weight is 430 g/mol. The number of fused-ring (bicyclic) bond motifs is 1. The molecule has 0 spiro atoms. The van der Waals surface area contributed by atoms with Crippen LogP contribution in [-0.2, 0) is 0 Å². The lowest BCUT2D eigenvalue weighted by molar-refractivity contribution is 0.102. The van der Waals surface area contributed by atoms with Crippen molar-refractivity contribution in [3.8, 4) is 11.5 Å². The Morgan fingerprint density at radius 3 is 2.66 bits per heavy atom. The van der Waals surface area contributed by atoms with Gasteiger partial charge >= 0.3 is 0 Å². The molecule has 4 aromatic rings. The number of hydrogen-bond donors (Lipinski definition) is 1. The van der Waals surface area contributed by atoms with Crippen molar-refractivity contribution in [3.05, 3.63) is 54.3 Å². The van der Waals surface area contributed by atoms with Gasteiger partial charge in [-0.3, -0.25) is 9.78 Å². The number of piperazine rings is 1. The molecule has 0 bridgehead atoms. The molecule has 32 heavy (non-hydrogen) atoms. The number of carbonyl (C=O) groups excluding carboxylic acids is 1. The third-order valence-electron chi connectivity index (χ3n) is 5.42. The van der Waals surface area contributed by atoms with Crippen LogP contribution in [0.3, 0.4) is 0 Å². The Morgan fingerprint density at radius 2 is 1.88 bits per heavy atom. The monoisotopic (exact) mass is 430 g/mol. The van der Waals surface area contributed by atoms with Crippen molar-refractivity contribution in [1.29, 1.82) is 0 Å². The zero-order valence-corrected chi connectivity index (χ0v) is 17.8. The number of nitrogens with zero attached hydrogens (tertiary/aromatic N) is 7. The average Bonchev–Trinajstić information content (AvgIpc) is 3.25. The lowest BCUT2D eigenvalue weighted by Gasteiger charge is -2.33. The minimum Gasteiger partial charge on any atom is -0.421 e. The highest BCUT2D eigenvalue weighted by Crippen LogP contribution is 2.23. The summed E-state index contributed by atoms with van der Waals surface area (Å²) in [6.45, 7) is 5.44. The highest BCUT2D eigenvalue weighted by atomic mass is 16.4. The van der Waals surface area contributed by atoms with Crippen LogP contribution in [-0.4, -0.2) is 69.2 Å². The summed E-state index contributed by atoms with van der Waals surface area (Å²) in [5.74, 6) is 1.87. The molecule has 0 unspecified atom stereocenters. The number of pyridine rings is 3. The molecule has 1 amide bonds. The van der Waals surface area contributed by atoms with Gasteiger partial charge in [-0.05, 0) is 31.3 Å². The predicted molar refractivity (Wildman–Crippen MR) is 119 cm³/mol. The van der Waals surface area contributed by atoms with Crippen LogP contribution in [0.2, 0.25) is 0 Å². The third-order valence-corrected chi connectivity index (χ3v) is 5.42. The highest BCUT2D eigenvalue weighted by molar-refractivity contribution is 6.04. The SMILES string of the molecule is Cc1nnc(-c2cnc3cnc(NC(=O)c4ccnc(N5CCN(C)CC5)c4)cc3c2)o1. The summed E-state index contributed by atoms with van der Waals surface area (Å²) in [5.41, 5.74) is 1.93. The van der Waals surface area contributed by atoms with Crippen molar-refractivity contribution >= 4 is 28.4 Å². The van der Waals surface area contributed by atoms with Crippen LogP contribution >= 0.6 is 0 Å². The first-order valence-corrected chi connectivity index (χ1v) is 10.3. The molecule has 1 fully saturated rings. The fraction of sp³-hybridized carbons (Fsp3) is 0.273. The molecular formula is C22H22N8O2. The Balaban J connectivity index is 1.36. The molecule has 1 saturated heterocycles. The molecular weight excluding hydrogens is 408 g/mol. The quantitative estimate of drug-likeness (QED) is 0.521. The first kappa shape index (κ1) is 20.0. The molecule has 1 aliphatic rings. The Bertz CT molecular complexity index is 1280. The maximum atomic E-state index is 12.9. The summed E-state index contributed by atoms with van der Waals surface area (Å²) in [7, 11) is 2.10. The van der Waals surface area contributed by atoms with Crippen LogP contribution in [0.1, 0.15) is 16.2 Å². The number of rotatable bonds is 4. The van der Waals surface area contributed by atoms with Gasteiger partial charge in [-0.25, -0.2) is 9.97 Å². The number of hydrogen-bond acceptors (Lipinski definition) is 9. The number of anilines is 2. The van der Waals surface area contributed by atoms with Gasteiger partial charge in [-0.1, -0.05) is 0 Å². The van der Waals surface area contributed by atoms with E-state index < -0.39 is 0 Å². The van der Waals surface area contributed by atoms with Gasteiger partial charge in [0.05, 0.1) is 17.3 Å². The van der Waals surface area contributed by atoms with E-state index in [1.54, 1.807) is 37.6 Å². The second kappa shape index (κ2) is 8.31. The summed E-state index contributed by atoms with van der Waals surface area (Å²) < 4.78 is 5.48. The number of nitrogens with one attached hydrogen (secondary N) is 1. The topological polar surface area (TPSA) is 113 Å². The maximum absolute atomic E-state index is 12.9. The second-order valence-electron chi connectivity index (χ2n) is 7.76. The molecule has 1 aliphatic heterocycles. The first-order chi connectivity index (χ1) is 15.5. The van der Waals surface area contributed by atoms with Crippen LogP contribution in [0, 0.1) is 6.92 Å². The second-order valence-corrected chi connectivity index (χ2v) is 7.76. The standard InChI is InChI=1S/C22H22N8O2/c1-14-27-28-22(32-14)17-9-16-10-19(25-13-18(16)24-12-17)26-21(31)15-3-4-23-20(11-15)30-7-5-29(2)6-8-30/h3-4,9-13H,5-8H2,1-2H3,(H,25,26,31). The van der Waals surface area contributed by atoms with Crippen molar-refractivity contribution < 1.29 is 9.21 Å². The van der Waals surface area contributed by atoms with E-state index in [2.05, 4.69) is 47.3 Å². The van der Waals surface area contributed by atoms with E-state index in [1.807, 2.05) is 12.1 Å².